The highest BCUT2D eigenvalue weighted by Crippen LogP contribution is 2.27. The lowest BCUT2D eigenvalue weighted by Crippen LogP contribution is -2.12. The largest absolute Gasteiger partial charge is 0.454 e. The van der Waals surface area contributed by atoms with Crippen LogP contribution < -0.4 is 0 Å². The van der Waals surface area contributed by atoms with Gasteiger partial charge in [0.25, 0.3) is 0 Å². The topological polar surface area (TPSA) is 26.3 Å². The maximum absolute atomic E-state index is 11.2. The zero-order valence-electron chi connectivity index (χ0n) is 9.30. The van der Waals surface area contributed by atoms with E-state index in [1.807, 2.05) is 24.3 Å². The highest BCUT2D eigenvalue weighted by molar-refractivity contribution is 5.84. The minimum absolute atomic E-state index is 0.142. The lowest BCUT2D eigenvalue weighted by atomic mass is 10.0. The molecule has 0 fully saturated rings. The van der Waals surface area contributed by atoms with Gasteiger partial charge in [0, 0.05) is 12.5 Å². The molecule has 2 aromatic rings. The number of carbonyl (C=O) groups is 1. The average Bonchev–Trinajstić information content (AvgIpc) is 2.38. The van der Waals surface area contributed by atoms with Crippen molar-refractivity contribution in [3.05, 3.63) is 60.2 Å². The highest BCUT2D eigenvalue weighted by Gasteiger charge is 2.17. The molecule has 0 saturated heterocycles. The fraction of sp³-hybridized carbons (Fsp3) is 0.133. The highest BCUT2D eigenvalue weighted by atomic mass is 16.5. The fourth-order valence-electron chi connectivity index (χ4n) is 2.13. The third-order valence-corrected chi connectivity index (χ3v) is 3.01. The van der Waals surface area contributed by atoms with Gasteiger partial charge in [-0.15, -0.1) is 0 Å². The second-order valence-corrected chi connectivity index (χ2v) is 4.17. The number of benzene rings is 2. The van der Waals surface area contributed by atoms with Crippen LogP contribution in [0.15, 0.2) is 54.6 Å². The normalized spacial score (nSPS) is 19.3. The van der Waals surface area contributed by atoms with Crippen LogP contribution in [0, 0.1) is 0 Å². The van der Waals surface area contributed by atoms with E-state index in [4.69, 9.17) is 4.74 Å². The van der Waals surface area contributed by atoms with E-state index in [2.05, 4.69) is 24.3 Å². The van der Waals surface area contributed by atoms with Crippen LogP contribution in [0.4, 0.5) is 0 Å². The summed E-state index contributed by atoms with van der Waals surface area (Å²) < 4.78 is 5.30. The molecule has 0 saturated carbocycles. The zero-order chi connectivity index (χ0) is 11.7. The summed E-state index contributed by atoms with van der Waals surface area (Å²) >= 11 is 0. The number of fused-ring (bicyclic) bond motifs is 1. The second kappa shape index (κ2) is 4.06. The molecular formula is C15H12O2. The van der Waals surface area contributed by atoms with Gasteiger partial charge in [0.15, 0.2) is 0 Å². The maximum atomic E-state index is 11.2. The van der Waals surface area contributed by atoms with Gasteiger partial charge >= 0.3 is 5.97 Å². The first-order chi connectivity index (χ1) is 8.33. The number of hydrogen-bond donors (Lipinski definition) is 0. The van der Waals surface area contributed by atoms with Crippen LogP contribution in [0.2, 0.25) is 0 Å². The first kappa shape index (κ1) is 10.1. The van der Waals surface area contributed by atoms with E-state index in [9.17, 15) is 4.79 Å². The minimum atomic E-state index is -0.255. The van der Waals surface area contributed by atoms with Gasteiger partial charge in [-0.2, -0.15) is 0 Å². The van der Waals surface area contributed by atoms with Crippen molar-refractivity contribution in [2.45, 2.75) is 12.5 Å². The van der Waals surface area contributed by atoms with Gasteiger partial charge in [0.1, 0.15) is 6.10 Å². The molecule has 0 radical (unpaired) electrons. The smallest absolute Gasteiger partial charge is 0.331 e. The summed E-state index contributed by atoms with van der Waals surface area (Å²) in [7, 11) is 0. The van der Waals surface area contributed by atoms with Crippen molar-refractivity contribution in [1.29, 1.82) is 0 Å². The Kier molecular flexibility index (Phi) is 2.41. The van der Waals surface area contributed by atoms with Crippen LogP contribution in [0.5, 0.6) is 0 Å². The number of rotatable bonds is 1. The van der Waals surface area contributed by atoms with Gasteiger partial charge < -0.3 is 4.74 Å². The van der Waals surface area contributed by atoms with Crippen LogP contribution >= 0.6 is 0 Å². The molecule has 3 rings (SSSR count). The predicted molar refractivity (Wildman–Crippen MR) is 66.5 cm³/mol. The Morgan fingerprint density at radius 1 is 1.06 bits per heavy atom. The molecule has 0 spiro atoms. The van der Waals surface area contributed by atoms with E-state index in [0.29, 0.717) is 0 Å². The molecule has 0 bridgehead atoms. The van der Waals surface area contributed by atoms with Crippen LogP contribution in [0.25, 0.3) is 10.8 Å². The van der Waals surface area contributed by atoms with Gasteiger partial charge in [-0.3, -0.25) is 0 Å². The van der Waals surface area contributed by atoms with E-state index in [0.717, 1.165) is 12.0 Å². The van der Waals surface area contributed by atoms with E-state index in [-0.39, 0.29) is 12.1 Å². The van der Waals surface area contributed by atoms with Gasteiger partial charge in [-0.05, 0) is 22.4 Å². The quantitative estimate of drug-likeness (QED) is 0.694. The maximum Gasteiger partial charge on any atom is 0.331 e. The molecule has 0 aliphatic carbocycles. The molecule has 1 atom stereocenters. The monoisotopic (exact) mass is 224 g/mol. The average molecular weight is 224 g/mol. The van der Waals surface area contributed by atoms with Crippen LogP contribution in [-0.4, -0.2) is 5.97 Å². The van der Waals surface area contributed by atoms with Gasteiger partial charge in [0.05, 0.1) is 0 Å². The number of ether oxygens (including phenoxy) is 1. The lowest BCUT2D eigenvalue weighted by Gasteiger charge is -2.19. The standard InChI is InChI=1S/C15H12O2/c16-15-7-3-6-14(17-15)13-9-8-11-4-1-2-5-12(11)10-13/h1-5,7-10,14H,6H2/t14-/m0/s1. The van der Waals surface area contributed by atoms with Gasteiger partial charge in [-0.1, -0.05) is 42.5 Å². The Morgan fingerprint density at radius 3 is 2.71 bits per heavy atom. The number of hydrogen-bond acceptors (Lipinski definition) is 2. The van der Waals surface area contributed by atoms with Gasteiger partial charge in [0.2, 0.25) is 0 Å². The van der Waals surface area contributed by atoms with Crippen molar-refractivity contribution < 1.29 is 9.53 Å². The summed E-state index contributed by atoms with van der Waals surface area (Å²) in [6.45, 7) is 0. The molecule has 2 aromatic carbocycles. The summed E-state index contributed by atoms with van der Waals surface area (Å²) in [4.78, 5) is 11.2. The third-order valence-electron chi connectivity index (χ3n) is 3.01. The van der Waals surface area contributed by atoms with E-state index in [1.165, 1.54) is 16.8 Å². The Morgan fingerprint density at radius 2 is 1.88 bits per heavy atom. The Bertz CT molecular complexity index is 599. The first-order valence-corrected chi connectivity index (χ1v) is 5.69. The summed E-state index contributed by atoms with van der Waals surface area (Å²) in [5.74, 6) is -0.255. The number of esters is 1. The lowest BCUT2D eigenvalue weighted by molar-refractivity contribution is -0.144. The molecule has 2 heteroatoms. The molecule has 0 unspecified atom stereocenters. The molecule has 0 amide bonds. The van der Waals surface area contributed by atoms with Crippen molar-refractivity contribution in [1.82, 2.24) is 0 Å². The third kappa shape index (κ3) is 1.94. The molecule has 17 heavy (non-hydrogen) atoms. The van der Waals surface area contributed by atoms with Crippen LogP contribution in [0.1, 0.15) is 18.1 Å². The molecule has 2 nitrogen and oxygen atoms in total. The SMILES string of the molecule is O=C1C=CC[C@@H](c2ccc3ccccc3c2)O1. The molecule has 0 N–H and O–H groups in total. The zero-order valence-corrected chi connectivity index (χ0v) is 9.30. The Labute approximate surface area is 99.5 Å². The molecule has 0 aromatic heterocycles. The van der Waals surface area contributed by atoms with Crippen molar-refractivity contribution in [3.8, 4) is 0 Å². The Hall–Kier alpha value is -2.09. The molecular weight excluding hydrogens is 212 g/mol. The number of cyclic esters (lactones) is 1. The van der Waals surface area contributed by atoms with Gasteiger partial charge in [-0.25, -0.2) is 4.79 Å². The van der Waals surface area contributed by atoms with Crippen LogP contribution in [0.3, 0.4) is 0 Å². The molecule has 1 aliphatic rings. The summed E-state index contributed by atoms with van der Waals surface area (Å²) in [6.07, 6.45) is 3.96. The van der Waals surface area contributed by atoms with Crippen molar-refractivity contribution in [3.63, 3.8) is 0 Å². The number of carbonyl (C=O) groups excluding carboxylic acids is 1. The summed E-state index contributed by atoms with van der Waals surface area (Å²) in [6, 6.07) is 14.4. The summed E-state index contributed by atoms with van der Waals surface area (Å²) in [5.41, 5.74) is 1.06. The second-order valence-electron chi connectivity index (χ2n) is 4.17. The first-order valence-electron chi connectivity index (χ1n) is 5.69. The molecule has 1 aliphatic heterocycles. The van der Waals surface area contributed by atoms with E-state index >= 15 is 0 Å². The fourth-order valence-corrected chi connectivity index (χ4v) is 2.13. The Balaban J connectivity index is 2.00. The van der Waals surface area contributed by atoms with E-state index < -0.39 is 0 Å². The van der Waals surface area contributed by atoms with E-state index in [1.54, 1.807) is 0 Å². The molecule has 1 heterocycles. The predicted octanol–water partition coefficient (Wildman–Crippen LogP) is 3.38. The van der Waals surface area contributed by atoms with Crippen molar-refractivity contribution >= 4 is 16.7 Å². The van der Waals surface area contributed by atoms with Crippen LogP contribution in [-0.2, 0) is 9.53 Å². The minimum Gasteiger partial charge on any atom is -0.454 e. The molecule has 84 valence electrons. The summed E-state index contributed by atoms with van der Waals surface area (Å²) in [5, 5.41) is 2.38. The van der Waals surface area contributed by atoms with Crippen molar-refractivity contribution in [2.75, 3.05) is 0 Å². The van der Waals surface area contributed by atoms with Crippen molar-refractivity contribution in [2.24, 2.45) is 0 Å².